The van der Waals surface area contributed by atoms with Crippen molar-refractivity contribution in [3.63, 3.8) is 0 Å². The zero-order valence-electron chi connectivity index (χ0n) is 13.4. The molecule has 0 fully saturated rings. The Kier molecular flexibility index (Phi) is 5.09. The predicted octanol–water partition coefficient (Wildman–Crippen LogP) is 5.56. The van der Waals surface area contributed by atoms with E-state index in [0.29, 0.717) is 10.8 Å². The summed E-state index contributed by atoms with van der Waals surface area (Å²) in [5.74, 6) is 0.0441. The van der Waals surface area contributed by atoms with Gasteiger partial charge in [0.15, 0.2) is 5.11 Å². The molecule has 3 nitrogen and oxygen atoms in total. The van der Waals surface area contributed by atoms with Crippen molar-refractivity contribution in [1.82, 2.24) is 0 Å². The highest BCUT2D eigenvalue weighted by Crippen LogP contribution is 2.28. The van der Waals surface area contributed by atoms with Crippen LogP contribution in [0.2, 0.25) is 0 Å². The van der Waals surface area contributed by atoms with Crippen molar-refractivity contribution < 1.29 is 13.5 Å². The number of fused-ring (bicyclic) bond motifs is 1. The van der Waals surface area contributed by atoms with Crippen LogP contribution in [-0.4, -0.2) is 11.7 Å². The summed E-state index contributed by atoms with van der Waals surface area (Å²) >= 11 is 5.33. The molecular weight excluding hydrogens is 342 g/mol. The van der Waals surface area contributed by atoms with Crippen molar-refractivity contribution in [3.8, 4) is 5.75 Å². The highest BCUT2D eigenvalue weighted by molar-refractivity contribution is 7.80. The number of alkyl halides is 2. The first-order chi connectivity index (χ1) is 12.0. The molecule has 0 bridgehead atoms. The Morgan fingerprint density at radius 3 is 2.48 bits per heavy atom. The maximum Gasteiger partial charge on any atom is 0.387 e. The van der Waals surface area contributed by atoms with Gasteiger partial charge in [0.05, 0.1) is 5.69 Å². The minimum atomic E-state index is -2.90. The Hall–Kier alpha value is -2.73. The quantitative estimate of drug-likeness (QED) is 0.598. The molecule has 0 saturated heterocycles. The van der Waals surface area contributed by atoms with Crippen LogP contribution < -0.4 is 15.4 Å². The van der Waals surface area contributed by atoms with Gasteiger partial charge in [-0.25, -0.2) is 0 Å². The zero-order chi connectivity index (χ0) is 17.8. The van der Waals surface area contributed by atoms with Gasteiger partial charge in [0.25, 0.3) is 0 Å². The summed E-state index contributed by atoms with van der Waals surface area (Å²) in [5, 5.41) is 8.43. The largest absolute Gasteiger partial charge is 0.433 e. The number of nitrogens with one attached hydrogen (secondary N) is 2. The van der Waals surface area contributed by atoms with E-state index in [1.807, 2.05) is 49.4 Å². The highest BCUT2D eigenvalue weighted by Gasteiger charge is 2.11. The van der Waals surface area contributed by atoms with Crippen LogP contribution in [0.3, 0.4) is 0 Å². The monoisotopic (exact) mass is 358 g/mol. The number of anilines is 2. The lowest BCUT2D eigenvalue weighted by atomic mass is 10.1. The molecule has 0 aliphatic carbocycles. The predicted molar refractivity (Wildman–Crippen MR) is 102 cm³/mol. The number of ether oxygens (including phenoxy) is 1. The number of aryl methyl sites for hydroxylation is 1. The van der Waals surface area contributed by atoms with Crippen LogP contribution in [0.5, 0.6) is 5.75 Å². The van der Waals surface area contributed by atoms with Gasteiger partial charge in [-0.15, -0.1) is 0 Å². The minimum absolute atomic E-state index is 0.0441. The second kappa shape index (κ2) is 7.44. The van der Waals surface area contributed by atoms with Crippen LogP contribution >= 0.6 is 12.2 Å². The first-order valence-electron chi connectivity index (χ1n) is 7.64. The zero-order valence-corrected chi connectivity index (χ0v) is 14.2. The lowest BCUT2D eigenvalue weighted by Crippen LogP contribution is -2.20. The van der Waals surface area contributed by atoms with Gasteiger partial charge in [-0.2, -0.15) is 8.78 Å². The normalized spacial score (nSPS) is 10.7. The fourth-order valence-electron chi connectivity index (χ4n) is 2.55. The average Bonchev–Trinajstić information content (AvgIpc) is 2.57. The lowest BCUT2D eigenvalue weighted by Gasteiger charge is -2.16. The second-order valence-electron chi connectivity index (χ2n) is 5.48. The molecule has 3 rings (SSSR count). The fraction of sp³-hybridized carbons (Fsp3) is 0.105. The molecule has 0 aromatic heterocycles. The Balaban J connectivity index is 1.82. The van der Waals surface area contributed by atoms with Crippen molar-refractivity contribution in [2.24, 2.45) is 0 Å². The summed E-state index contributed by atoms with van der Waals surface area (Å²) in [6.45, 7) is -1.04. The van der Waals surface area contributed by atoms with Crippen LogP contribution in [0.25, 0.3) is 10.8 Å². The number of hydrogen-bond acceptors (Lipinski definition) is 2. The summed E-state index contributed by atoms with van der Waals surface area (Å²) < 4.78 is 29.7. The van der Waals surface area contributed by atoms with E-state index in [9.17, 15) is 8.78 Å². The van der Waals surface area contributed by atoms with Crippen molar-refractivity contribution in [2.75, 3.05) is 10.6 Å². The van der Waals surface area contributed by atoms with Gasteiger partial charge in [0.2, 0.25) is 0 Å². The Morgan fingerprint density at radius 1 is 0.960 bits per heavy atom. The van der Waals surface area contributed by atoms with E-state index in [1.165, 1.54) is 6.07 Å². The van der Waals surface area contributed by atoms with Crippen molar-refractivity contribution >= 4 is 39.5 Å². The first kappa shape index (κ1) is 17.1. The summed E-state index contributed by atoms with van der Waals surface area (Å²) in [4.78, 5) is 0. The third kappa shape index (κ3) is 4.22. The number of halogens is 2. The smallest absolute Gasteiger partial charge is 0.387 e. The third-order valence-corrected chi connectivity index (χ3v) is 3.84. The fourth-order valence-corrected chi connectivity index (χ4v) is 2.77. The summed E-state index contributed by atoms with van der Waals surface area (Å²) in [6, 6.07) is 18.6. The van der Waals surface area contributed by atoms with Crippen molar-refractivity contribution in [1.29, 1.82) is 0 Å². The van der Waals surface area contributed by atoms with Gasteiger partial charge in [0, 0.05) is 11.1 Å². The molecule has 0 saturated carbocycles. The Bertz CT molecular complexity index is 910. The molecule has 128 valence electrons. The maximum atomic E-state index is 12.6. The van der Waals surface area contributed by atoms with Crippen LogP contribution in [0.15, 0.2) is 60.7 Å². The number of hydrogen-bond donors (Lipinski definition) is 2. The standard InChI is InChI=1S/C19H16F2N2OS/c1-12-9-10-17(24-18(20)21)16(11-12)23-19(25)22-15-8-4-6-13-5-2-3-7-14(13)15/h2-11,18H,1H3,(H2,22,23,25). The highest BCUT2D eigenvalue weighted by atomic mass is 32.1. The molecular formula is C19H16F2N2OS. The van der Waals surface area contributed by atoms with E-state index in [4.69, 9.17) is 12.2 Å². The van der Waals surface area contributed by atoms with E-state index < -0.39 is 6.61 Å². The van der Waals surface area contributed by atoms with E-state index in [1.54, 1.807) is 12.1 Å². The van der Waals surface area contributed by atoms with Crippen LogP contribution in [0.4, 0.5) is 20.2 Å². The van der Waals surface area contributed by atoms with Gasteiger partial charge in [-0.3, -0.25) is 0 Å². The third-order valence-electron chi connectivity index (χ3n) is 3.64. The molecule has 3 aromatic rings. The summed E-state index contributed by atoms with van der Waals surface area (Å²) in [5.41, 5.74) is 2.12. The minimum Gasteiger partial charge on any atom is -0.433 e. The van der Waals surface area contributed by atoms with E-state index in [-0.39, 0.29) is 5.75 Å². The van der Waals surface area contributed by atoms with Crippen LogP contribution in [-0.2, 0) is 0 Å². The molecule has 0 unspecified atom stereocenters. The molecule has 0 radical (unpaired) electrons. The maximum absolute atomic E-state index is 12.6. The van der Waals surface area contributed by atoms with Gasteiger partial charge in [0.1, 0.15) is 5.75 Å². The SMILES string of the molecule is Cc1ccc(OC(F)F)c(NC(=S)Nc2cccc3ccccc23)c1. The Labute approximate surface area is 149 Å². The lowest BCUT2D eigenvalue weighted by molar-refractivity contribution is -0.0493. The molecule has 25 heavy (non-hydrogen) atoms. The van der Waals surface area contributed by atoms with E-state index in [0.717, 1.165) is 22.0 Å². The van der Waals surface area contributed by atoms with E-state index >= 15 is 0 Å². The van der Waals surface area contributed by atoms with Crippen molar-refractivity contribution in [3.05, 3.63) is 66.2 Å². The van der Waals surface area contributed by atoms with Gasteiger partial charge in [-0.05, 0) is 48.3 Å². The van der Waals surface area contributed by atoms with Gasteiger partial charge in [-0.1, -0.05) is 42.5 Å². The molecule has 0 amide bonds. The molecule has 0 aliphatic heterocycles. The second-order valence-corrected chi connectivity index (χ2v) is 5.89. The molecule has 0 spiro atoms. The van der Waals surface area contributed by atoms with Crippen LogP contribution in [0, 0.1) is 6.92 Å². The summed E-state index contributed by atoms with van der Waals surface area (Å²) in [6.07, 6.45) is 0. The summed E-state index contributed by atoms with van der Waals surface area (Å²) in [7, 11) is 0. The first-order valence-corrected chi connectivity index (χ1v) is 8.05. The average molecular weight is 358 g/mol. The van der Waals surface area contributed by atoms with Crippen LogP contribution in [0.1, 0.15) is 5.56 Å². The molecule has 0 heterocycles. The molecule has 0 aliphatic rings. The molecule has 2 N–H and O–H groups in total. The Morgan fingerprint density at radius 2 is 1.68 bits per heavy atom. The van der Waals surface area contributed by atoms with E-state index in [2.05, 4.69) is 15.4 Å². The number of thiocarbonyl (C=S) groups is 1. The molecule has 6 heteroatoms. The molecule has 0 atom stereocenters. The van der Waals surface area contributed by atoms with Gasteiger partial charge >= 0.3 is 6.61 Å². The van der Waals surface area contributed by atoms with Gasteiger partial charge < -0.3 is 15.4 Å². The topological polar surface area (TPSA) is 33.3 Å². The van der Waals surface area contributed by atoms with Crippen molar-refractivity contribution in [2.45, 2.75) is 13.5 Å². The number of rotatable bonds is 4. The number of benzene rings is 3. The molecule has 3 aromatic carbocycles.